The predicted molar refractivity (Wildman–Crippen MR) is 68.8 cm³/mol. The van der Waals surface area contributed by atoms with Crippen LogP contribution in [0.3, 0.4) is 0 Å². The second-order valence-electron chi connectivity index (χ2n) is 3.77. The maximum atomic E-state index is 9.66. The minimum absolute atomic E-state index is 0.166. The number of nitrogens with zero attached hydrogens (tertiary/aromatic N) is 2. The lowest BCUT2D eigenvalue weighted by Crippen LogP contribution is -2.02. The largest absolute Gasteiger partial charge is 0.508 e. The molecule has 18 heavy (non-hydrogen) atoms. The molecular formula is C13H12N4O. The summed E-state index contributed by atoms with van der Waals surface area (Å²) in [4.78, 5) is 3.94. The number of hydrogen-bond donors (Lipinski definition) is 3. The molecular weight excluding hydrogens is 228 g/mol. The topological polar surface area (TPSA) is 95.0 Å². The Morgan fingerprint density at radius 2 is 2.22 bits per heavy atom. The van der Waals surface area contributed by atoms with Crippen LogP contribution in [-0.2, 0) is 6.54 Å². The lowest BCUT2D eigenvalue weighted by molar-refractivity contribution is 0.469. The Morgan fingerprint density at radius 1 is 1.39 bits per heavy atom. The number of anilines is 2. The minimum atomic E-state index is 0.166. The van der Waals surface area contributed by atoms with Gasteiger partial charge in [0.1, 0.15) is 11.8 Å². The van der Waals surface area contributed by atoms with Crippen LogP contribution < -0.4 is 11.1 Å². The first-order valence-corrected chi connectivity index (χ1v) is 5.36. The molecule has 1 aromatic carbocycles. The van der Waals surface area contributed by atoms with Crippen LogP contribution in [0.25, 0.3) is 0 Å². The predicted octanol–water partition coefficient (Wildman–Crippen LogP) is 1.85. The molecule has 0 aliphatic rings. The lowest BCUT2D eigenvalue weighted by Gasteiger charge is -2.09. The Labute approximate surface area is 105 Å². The minimum Gasteiger partial charge on any atom is -0.508 e. The summed E-state index contributed by atoms with van der Waals surface area (Å²) in [6.07, 6.45) is 3.13. The van der Waals surface area contributed by atoms with Crippen LogP contribution in [0.2, 0.25) is 0 Å². The number of nitrogens with two attached hydrogens (primary N) is 1. The number of phenols is 1. The molecule has 0 fully saturated rings. The van der Waals surface area contributed by atoms with Crippen LogP contribution in [0.15, 0.2) is 36.7 Å². The first kappa shape index (κ1) is 11.7. The van der Waals surface area contributed by atoms with Crippen molar-refractivity contribution in [1.82, 2.24) is 4.98 Å². The monoisotopic (exact) mass is 240 g/mol. The molecule has 4 N–H and O–H groups in total. The van der Waals surface area contributed by atoms with E-state index >= 15 is 0 Å². The number of rotatable bonds is 3. The Bertz CT molecular complexity index is 604. The summed E-state index contributed by atoms with van der Waals surface area (Å²) in [5.74, 6) is 0.166. The van der Waals surface area contributed by atoms with Crippen LogP contribution in [0.1, 0.15) is 11.1 Å². The number of phenolic OH excluding ortho intramolecular Hbond substituents is 1. The van der Waals surface area contributed by atoms with E-state index in [0.29, 0.717) is 29.0 Å². The number of benzene rings is 1. The Kier molecular flexibility index (Phi) is 3.30. The molecule has 0 aliphatic carbocycles. The van der Waals surface area contributed by atoms with Gasteiger partial charge in [-0.15, -0.1) is 0 Å². The van der Waals surface area contributed by atoms with Crippen molar-refractivity contribution in [3.63, 3.8) is 0 Å². The highest BCUT2D eigenvalue weighted by Gasteiger charge is 2.04. The summed E-state index contributed by atoms with van der Waals surface area (Å²) in [5.41, 5.74) is 8.03. The average molecular weight is 240 g/mol. The number of aromatic hydroxyl groups is 1. The molecule has 5 heteroatoms. The Balaban J connectivity index is 2.17. The molecule has 0 spiro atoms. The number of hydrogen-bond acceptors (Lipinski definition) is 5. The molecule has 2 rings (SSSR count). The molecule has 1 heterocycles. The third-order valence-corrected chi connectivity index (χ3v) is 2.51. The molecule has 0 aliphatic heterocycles. The van der Waals surface area contributed by atoms with Crippen LogP contribution in [-0.4, -0.2) is 10.1 Å². The van der Waals surface area contributed by atoms with E-state index in [1.165, 1.54) is 0 Å². The summed E-state index contributed by atoms with van der Waals surface area (Å²) >= 11 is 0. The summed E-state index contributed by atoms with van der Waals surface area (Å²) < 4.78 is 0. The molecule has 0 saturated heterocycles. The molecule has 0 unspecified atom stereocenters. The van der Waals surface area contributed by atoms with Gasteiger partial charge in [0.15, 0.2) is 0 Å². The molecule has 1 aromatic heterocycles. The van der Waals surface area contributed by atoms with Gasteiger partial charge in [-0.25, -0.2) is 0 Å². The van der Waals surface area contributed by atoms with Gasteiger partial charge >= 0.3 is 0 Å². The summed E-state index contributed by atoms with van der Waals surface area (Å²) in [5, 5.41) is 21.6. The van der Waals surface area contributed by atoms with E-state index in [2.05, 4.69) is 16.4 Å². The maximum absolute atomic E-state index is 9.66. The first-order chi connectivity index (χ1) is 8.70. The van der Waals surface area contributed by atoms with Crippen molar-refractivity contribution in [2.75, 3.05) is 11.1 Å². The SMILES string of the molecule is N#Cc1ccncc1NCc1cc(N)ccc1O. The van der Waals surface area contributed by atoms with E-state index in [1.807, 2.05) is 0 Å². The molecule has 2 aromatic rings. The highest BCUT2D eigenvalue weighted by molar-refractivity contribution is 5.56. The fourth-order valence-electron chi connectivity index (χ4n) is 1.57. The maximum Gasteiger partial charge on any atom is 0.120 e. The van der Waals surface area contributed by atoms with Crippen molar-refractivity contribution < 1.29 is 5.11 Å². The zero-order valence-electron chi connectivity index (χ0n) is 9.59. The fraction of sp³-hybridized carbons (Fsp3) is 0.0769. The zero-order valence-corrected chi connectivity index (χ0v) is 9.59. The summed E-state index contributed by atoms with van der Waals surface area (Å²) in [6, 6.07) is 8.55. The van der Waals surface area contributed by atoms with Gasteiger partial charge in [-0.1, -0.05) is 0 Å². The summed E-state index contributed by atoms with van der Waals surface area (Å²) in [7, 11) is 0. The van der Waals surface area contributed by atoms with Gasteiger partial charge < -0.3 is 16.2 Å². The highest BCUT2D eigenvalue weighted by atomic mass is 16.3. The molecule has 0 saturated carbocycles. The molecule has 0 radical (unpaired) electrons. The molecule has 0 bridgehead atoms. The standard InChI is InChI=1S/C13H12N4O/c14-6-9-3-4-16-8-12(9)17-7-10-5-11(15)1-2-13(10)18/h1-5,8,17-18H,7,15H2. The van der Waals surface area contributed by atoms with Crippen molar-refractivity contribution in [1.29, 1.82) is 5.26 Å². The highest BCUT2D eigenvalue weighted by Crippen LogP contribution is 2.21. The van der Waals surface area contributed by atoms with Gasteiger partial charge in [-0.2, -0.15) is 5.26 Å². The number of nitriles is 1. The smallest absolute Gasteiger partial charge is 0.120 e. The van der Waals surface area contributed by atoms with Gasteiger partial charge in [0.05, 0.1) is 17.4 Å². The number of pyridine rings is 1. The summed E-state index contributed by atoms with van der Waals surface area (Å²) in [6.45, 7) is 0.372. The quantitative estimate of drug-likeness (QED) is 0.562. The van der Waals surface area contributed by atoms with Crippen LogP contribution in [0.5, 0.6) is 5.75 Å². The Hall–Kier alpha value is -2.74. The van der Waals surface area contributed by atoms with E-state index in [0.717, 1.165) is 0 Å². The third kappa shape index (κ3) is 2.50. The van der Waals surface area contributed by atoms with Gasteiger partial charge in [-0.3, -0.25) is 4.98 Å². The Morgan fingerprint density at radius 3 is 3.00 bits per heavy atom. The molecule has 0 atom stereocenters. The normalized spacial score (nSPS) is 9.72. The van der Waals surface area contributed by atoms with Gasteiger partial charge in [0, 0.05) is 24.0 Å². The number of nitrogen functional groups attached to an aromatic ring is 1. The van der Waals surface area contributed by atoms with E-state index in [-0.39, 0.29) is 5.75 Å². The van der Waals surface area contributed by atoms with Crippen LogP contribution >= 0.6 is 0 Å². The average Bonchev–Trinajstić information content (AvgIpc) is 2.40. The molecule has 90 valence electrons. The van der Waals surface area contributed by atoms with Crippen molar-refractivity contribution >= 4 is 11.4 Å². The van der Waals surface area contributed by atoms with Gasteiger partial charge in [0.2, 0.25) is 0 Å². The van der Waals surface area contributed by atoms with Crippen molar-refractivity contribution in [2.24, 2.45) is 0 Å². The van der Waals surface area contributed by atoms with Crippen molar-refractivity contribution in [3.05, 3.63) is 47.8 Å². The van der Waals surface area contributed by atoms with Gasteiger partial charge in [0.25, 0.3) is 0 Å². The molecule has 0 amide bonds. The van der Waals surface area contributed by atoms with E-state index in [4.69, 9.17) is 11.0 Å². The number of nitrogens with one attached hydrogen (secondary N) is 1. The zero-order chi connectivity index (χ0) is 13.0. The molecule has 5 nitrogen and oxygen atoms in total. The van der Waals surface area contributed by atoms with Crippen molar-refractivity contribution in [3.8, 4) is 11.8 Å². The second kappa shape index (κ2) is 5.06. The van der Waals surface area contributed by atoms with Crippen LogP contribution in [0.4, 0.5) is 11.4 Å². The number of aromatic nitrogens is 1. The second-order valence-corrected chi connectivity index (χ2v) is 3.77. The first-order valence-electron chi connectivity index (χ1n) is 5.36. The van der Waals surface area contributed by atoms with Gasteiger partial charge in [-0.05, 0) is 24.3 Å². The van der Waals surface area contributed by atoms with Crippen molar-refractivity contribution in [2.45, 2.75) is 6.54 Å². The van der Waals surface area contributed by atoms with E-state index in [9.17, 15) is 5.11 Å². The third-order valence-electron chi connectivity index (χ3n) is 2.51. The fourth-order valence-corrected chi connectivity index (χ4v) is 1.57. The van der Waals surface area contributed by atoms with E-state index < -0.39 is 0 Å². The lowest BCUT2D eigenvalue weighted by atomic mass is 10.1. The van der Waals surface area contributed by atoms with Crippen LogP contribution in [0, 0.1) is 11.3 Å². The van der Waals surface area contributed by atoms with E-state index in [1.54, 1.807) is 36.7 Å².